The number of ether oxygens (including phenoxy) is 1. The van der Waals surface area contributed by atoms with Crippen molar-refractivity contribution < 1.29 is 19.3 Å². The van der Waals surface area contributed by atoms with Crippen molar-refractivity contribution >= 4 is 33.5 Å². The average molecular weight is 352 g/mol. The van der Waals surface area contributed by atoms with Crippen molar-refractivity contribution in [2.75, 3.05) is 6.61 Å². The predicted molar refractivity (Wildman–Crippen MR) is 86.7 cm³/mol. The number of halogens is 2. The number of aromatic nitrogens is 3. The van der Waals surface area contributed by atoms with Gasteiger partial charge in [-0.25, -0.2) is 14.4 Å². The van der Waals surface area contributed by atoms with E-state index in [2.05, 4.69) is 9.97 Å². The van der Waals surface area contributed by atoms with Gasteiger partial charge in [-0.1, -0.05) is 11.6 Å². The highest BCUT2D eigenvalue weighted by atomic mass is 35.5. The maximum absolute atomic E-state index is 14.6. The maximum atomic E-state index is 14.6. The zero-order valence-corrected chi connectivity index (χ0v) is 13.5. The topological polar surface area (TPSA) is 80.4 Å². The summed E-state index contributed by atoms with van der Waals surface area (Å²) in [6.45, 7) is 1.37. The molecular formula is C16H15ClFN3O3. The molecule has 1 aromatic carbocycles. The summed E-state index contributed by atoms with van der Waals surface area (Å²) in [6.07, 6.45) is -3.76. The van der Waals surface area contributed by atoms with Crippen LogP contribution in [-0.4, -0.2) is 49.7 Å². The second-order valence-corrected chi connectivity index (χ2v) is 6.31. The van der Waals surface area contributed by atoms with Gasteiger partial charge in [0.05, 0.1) is 17.8 Å². The van der Waals surface area contributed by atoms with E-state index in [-0.39, 0.29) is 0 Å². The first-order valence-corrected chi connectivity index (χ1v) is 7.90. The number of fused-ring (bicyclic) bond motifs is 3. The first kappa shape index (κ1) is 15.7. The predicted octanol–water partition coefficient (Wildman–Crippen LogP) is 2.14. The van der Waals surface area contributed by atoms with Gasteiger partial charge in [-0.2, -0.15) is 0 Å². The lowest BCUT2D eigenvalue weighted by Crippen LogP contribution is -2.30. The van der Waals surface area contributed by atoms with Gasteiger partial charge in [0.25, 0.3) is 0 Å². The largest absolute Gasteiger partial charge is 0.394 e. The second-order valence-electron chi connectivity index (χ2n) is 5.87. The van der Waals surface area contributed by atoms with E-state index in [0.29, 0.717) is 16.2 Å². The molecule has 0 aliphatic carbocycles. The number of hydrogen-bond donors (Lipinski definition) is 2. The lowest BCUT2D eigenvalue weighted by molar-refractivity contribution is -0.0442. The van der Waals surface area contributed by atoms with Crippen LogP contribution in [0.2, 0.25) is 5.02 Å². The molecule has 0 bridgehead atoms. The number of nitrogens with zero attached hydrogens (tertiary/aromatic N) is 3. The molecule has 1 saturated heterocycles. The standard InChI is InChI=1S/C16H15ClFN3O3/c1-7-12-9-4-8(17)2-3-10(9)21(15(12)20-6-19-7)16-13(18)14(23)11(5-22)24-16/h2-4,6,11,13-14,16,22-23H,5H2,1H3/t11-,13-,14-,16-/m1/s1. The molecule has 4 rings (SSSR count). The minimum Gasteiger partial charge on any atom is -0.394 e. The van der Waals surface area contributed by atoms with E-state index < -0.39 is 31.2 Å². The Labute approximate surface area is 141 Å². The smallest absolute Gasteiger partial charge is 0.173 e. The van der Waals surface area contributed by atoms with E-state index in [4.69, 9.17) is 16.3 Å². The summed E-state index contributed by atoms with van der Waals surface area (Å²) in [6, 6.07) is 5.23. The molecule has 6 nitrogen and oxygen atoms in total. The molecule has 4 atom stereocenters. The Balaban J connectivity index is 2.02. The zero-order chi connectivity index (χ0) is 17.0. The van der Waals surface area contributed by atoms with Crippen molar-refractivity contribution in [2.24, 2.45) is 0 Å². The van der Waals surface area contributed by atoms with Crippen LogP contribution in [-0.2, 0) is 4.74 Å². The van der Waals surface area contributed by atoms with Crippen LogP contribution in [0.15, 0.2) is 24.5 Å². The van der Waals surface area contributed by atoms with Gasteiger partial charge in [0.1, 0.15) is 24.2 Å². The molecule has 2 N–H and O–H groups in total. The molecule has 1 aliphatic heterocycles. The third-order valence-corrected chi connectivity index (χ3v) is 4.70. The number of benzene rings is 1. The lowest BCUT2D eigenvalue weighted by atomic mass is 10.1. The van der Waals surface area contributed by atoms with E-state index in [1.807, 2.05) is 6.92 Å². The Morgan fingerprint density at radius 2 is 2.17 bits per heavy atom. The monoisotopic (exact) mass is 351 g/mol. The first-order valence-electron chi connectivity index (χ1n) is 7.52. The number of aliphatic hydroxyl groups is 2. The molecule has 1 aliphatic rings. The van der Waals surface area contributed by atoms with Crippen molar-refractivity contribution in [1.29, 1.82) is 0 Å². The van der Waals surface area contributed by atoms with Crippen molar-refractivity contribution in [3.8, 4) is 0 Å². The molecule has 0 radical (unpaired) electrons. The van der Waals surface area contributed by atoms with Crippen molar-refractivity contribution in [2.45, 2.75) is 31.5 Å². The SMILES string of the molecule is Cc1ncnc2c1c1cc(Cl)ccc1n2[C@@H]1O[C@H](CO)[C@@H](O)[C@H]1F. The Kier molecular flexibility index (Phi) is 3.69. The van der Waals surface area contributed by atoms with Crippen molar-refractivity contribution in [3.05, 3.63) is 35.2 Å². The van der Waals surface area contributed by atoms with Crippen LogP contribution in [0.3, 0.4) is 0 Å². The van der Waals surface area contributed by atoms with Gasteiger partial charge in [-0.05, 0) is 25.1 Å². The van der Waals surface area contributed by atoms with Gasteiger partial charge >= 0.3 is 0 Å². The summed E-state index contributed by atoms with van der Waals surface area (Å²) in [5.41, 5.74) is 1.91. The fourth-order valence-corrected chi connectivity index (χ4v) is 3.48. The summed E-state index contributed by atoms with van der Waals surface area (Å²) in [5.74, 6) is 0. The van der Waals surface area contributed by atoms with Gasteiger partial charge < -0.3 is 14.9 Å². The van der Waals surface area contributed by atoms with E-state index in [1.165, 1.54) is 6.33 Å². The third kappa shape index (κ3) is 2.12. The van der Waals surface area contributed by atoms with Crippen molar-refractivity contribution in [1.82, 2.24) is 14.5 Å². The van der Waals surface area contributed by atoms with E-state index in [1.54, 1.807) is 22.8 Å². The number of aryl methyl sites for hydroxylation is 1. The minimum atomic E-state index is -1.69. The molecule has 126 valence electrons. The van der Waals surface area contributed by atoms with Crippen molar-refractivity contribution in [3.63, 3.8) is 0 Å². The van der Waals surface area contributed by atoms with Crippen LogP contribution in [0.5, 0.6) is 0 Å². The average Bonchev–Trinajstić information content (AvgIpc) is 3.03. The Bertz CT molecular complexity index is 932. The highest BCUT2D eigenvalue weighted by Gasteiger charge is 2.45. The molecule has 2 aromatic heterocycles. The van der Waals surface area contributed by atoms with Gasteiger partial charge in [0.15, 0.2) is 12.4 Å². The molecular weight excluding hydrogens is 337 g/mol. The fourth-order valence-electron chi connectivity index (χ4n) is 3.31. The van der Waals surface area contributed by atoms with E-state index >= 15 is 0 Å². The number of alkyl halides is 1. The van der Waals surface area contributed by atoms with Crippen LogP contribution in [0.4, 0.5) is 4.39 Å². The number of aliphatic hydroxyl groups excluding tert-OH is 2. The number of rotatable bonds is 2. The molecule has 8 heteroatoms. The molecule has 1 fully saturated rings. The second kappa shape index (κ2) is 5.63. The fraction of sp³-hybridized carbons (Fsp3) is 0.375. The normalized spacial score (nSPS) is 27.4. The molecule has 0 amide bonds. The van der Waals surface area contributed by atoms with E-state index in [0.717, 1.165) is 16.5 Å². The number of hydrogen-bond acceptors (Lipinski definition) is 5. The Hall–Kier alpha value is -1.80. The summed E-state index contributed by atoms with van der Waals surface area (Å²) >= 11 is 6.11. The zero-order valence-electron chi connectivity index (χ0n) is 12.7. The van der Waals surface area contributed by atoms with Gasteiger partial charge in [-0.15, -0.1) is 0 Å². The van der Waals surface area contributed by atoms with Crippen LogP contribution in [0.1, 0.15) is 11.9 Å². The van der Waals surface area contributed by atoms with Crippen LogP contribution >= 0.6 is 11.6 Å². The lowest BCUT2D eigenvalue weighted by Gasteiger charge is -2.17. The van der Waals surface area contributed by atoms with Gasteiger partial charge in [-0.3, -0.25) is 4.57 Å². The summed E-state index contributed by atoms with van der Waals surface area (Å²) in [7, 11) is 0. The molecule has 0 spiro atoms. The highest BCUT2D eigenvalue weighted by molar-refractivity contribution is 6.31. The summed E-state index contributed by atoms with van der Waals surface area (Å²) < 4.78 is 21.8. The molecule has 24 heavy (non-hydrogen) atoms. The third-order valence-electron chi connectivity index (χ3n) is 4.46. The van der Waals surface area contributed by atoms with E-state index in [9.17, 15) is 14.6 Å². The highest BCUT2D eigenvalue weighted by Crippen LogP contribution is 2.39. The minimum absolute atomic E-state index is 0.463. The Morgan fingerprint density at radius 3 is 2.88 bits per heavy atom. The molecule has 0 saturated carbocycles. The summed E-state index contributed by atoms with van der Waals surface area (Å²) in [4.78, 5) is 8.48. The van der Waals surface area contributed by atoms with Crippen LogP contribution in [0.25, 0.3) is 21.9 Å². The van der Waals surface area contributed by atoms with Crippen LogP contribution < -0.4 is 0 Å². The van der Waals surface area contributed by atoms with Gasteiger partial charge in [0.2, 0.25) is 0 Å². The maximum Gasteiger partial charge on any atom is 0.173 e. The quantitative estimate of drug-likeness (QED) is 0.739. The molecule has 3 aromatic rings. The first-order chi connectivity index (χ1) is 11.5. The molecule has 0 unspecified atom stereocenters. The summed E-state index contributed by atoms with van der Waals surface area (Å²) in [5, 5.41) is 21.3. The van der Waals surface area contributed by atoms with Crippen LogP contribution in [0, 0.1) is 6.92 Å². The Morgan fingerprint density at radius 1 is 1.38 bits per heavy atom. The molecule has 3 heterocycles. The van der Waals surface area contributed by atoms with Gasteiger partial charge in [0, 0.05) is 15.8 Å².